The molecular weight excluding hydrogens is 286 g/mol. The highest BCUT2D eigenvalue weighted by atomic mass is 16.5. The largest absolute Gasteiger partial charge is 0.497 e. The van der Waals surface area contributed by atoms with Gasteiger partial charge in [0, 0.05) is 6.20 Å². The van der Waals surface area contributed by atoms with E-state index >= 15 is 0 Å². The summed E-state index contributed by atoms with van der Waals surface area (Å²) in [5.74, 6) is -0.730. The first kappa shape index (κ1) is 15.6. The standard InChI is InChI=1S/C15H17N3O4/c1-10(11-4-3-5-12(8-11)22-2)17-14(19)9-18-13(15(20)21)6-7-16-18/h3-8,10H,9H2,1-2H3,(H,17,19)(H,20,21). The number of nitrogens with zero attached hydrogens (tertiary/aromatic N) is 2. The Morgan fingerprint density at radius 3 is 2.86 bits per heavy atom. The molecule has 0 bridgehead atoms. The van der Waals surface area contributed by atoms with Crippen LogP contribution in [0.4, 0.5) is 0 Å². The average Bonchev–Trinajstić information content (AvgIpc) is 2.95. The van der Waals surface area contributed by atoms with Gasteiger partial charge in [0.1, 0.15) is 18.0 Å². The van der Waals surface area contributed by atoms with E-state index in [0.29, 0.717) is 5.75 Å². The smallest absolute Gasteiger partial charge is 0.354 e. The van der Waals surface area contributed by atoms with Gasteiger partial charge in [-0.2, -0.15) is 5.10 Å². The van der Waals surface area contributed by atoms with E-state index in [-0.39, 0.29) is 24.2 Å². The summed E-state index contributed by atoms with van der Waals surface area (Å²) in [5, 5.41) is 15.6. The lowest BCUT2D eigenvalue weighted by Crippen LogP contribution is -2.31. The van der Waals surface area contributed by atoms with Gasteiger partial charge in [0.25, 0.3) is 0 Å². The third-order valence-corrected chi connectivity index (χ3v) is 3.20. The van der Waals surface area contributed by atoms with Crippen LogP contribution in [0.2, 0.25) is 0 Å². The number of amides is 1. The van der Waals surface area contributed by atoms with E-state index in [4.69, 9.17) is 9.84 Å². The van der Waals surface area contributed by atoms with Crippen molar-refractivity contribution in [2.45, 2.75) is 19.5 Å². The Kier molecular flexibility index (Phi) is 4.77. The van der Waals surface area contributed by atoms with Crippen LogP contribution >= 0.6 is 0 Å². The van der Waals surface area contributed by atoms with Crippen molar-refractivity contribution in [3.8, 4) is 5.75 Å². The number of carbonyl (C=O) groups excluding carboxylic acids is 1. The Hall–Kier alpha value is -2.83. The molecule has 1 unspecified atom stereocenters. The van der Waals surface area contributed by atoms with Gasteiger partial charge in [-0.25, -0.2) is 9.48 Å². The van der Waals surface area contributed by atoms with Gasteiger partial charge in [-0.05, 0) is 30.7 Å². The molecule has 0 aliphatic rings. The van der Waals surface area contributed by atoms with Gasteiger partial charge in [0.15, 0.2) is 0 Å². The fraction of sp³-hybridized carbons (Fsp3) is 0.267. The number of rotatable bonds is 6. The summed E-state index contributed by atoms with van der Waals surface area (Å²) in [6.07, 6.45) is 1.35. The van der Waals surface area contributed by atoms with Gasteiger partial charge in [0.2, 0.25) is 5.91 Å². The van der Waals surface area contributed by atoms with Crippen LogP contribution in [0.3, 0.4) is 0 Å². The zero-order valence-corrected chi connectivity index (χ0v) is 12.3. The van der Waals surface area contributed by atoms with E-state index in [2.05, 4.69) is 10.4 Å². The summed E-state index contributed by atoms with van der Waals surface area (Å²) in [6, 6.07) is 8.49. The normalized spacial score (nSPS) is 11.7. The van der Waals surface area contributed by atoms with E-state index < -0.39 is 5.97 Å². The quantitative estimate of drug-likeness (QED) is 0.843. The molecule has 2 N–H and O–H groups in total. The van der Waals surface area contributed by atoms with Gasteiger partial charge in [-0.15, -0.1) is 0 Å². The maximum absolute atomic E-state index is 12.0. The molecule has 0 aliphatic carbocycles. The van der Waals surface area contributed by atoms with Crippen molar-refractivity contribution in [3.63, 3.8) is 0 Å². The summed E-state index contributed by atoms with van der Waals surface area (Å²) in [6.45, 7) is 1.69. The molecule has 0 saturated heterocycles. The van der Waals surface area contributed by atoms with Crippen LogP contribution in [0, 0.1) is 0 Å². The van der Waals surface area contributed by atoms with Crippen LogP contribution in [0.15, 0.2) is 36.5 Å². The van der Waals surface area contributed by atoms with Crippen LogP contribution in [-0.2, 0) is 11.3 Å². The monoisotopic (exact) mass is 303 g/mol. The first-order chi connectivity index (χ1) is 10.5. The highest BCUT2D eigenvalue weighted by Gasteiger charge is 2.15. The van der Waals surface area contributed by atoms with Crippen molar-refractivity contribution < 1.29 is 19.4 Å². The van der Waals surface area contributed by atoms with Gasteiger partial charge >= 0.3 is 5.97 Å². The highest BCUT2D eigenvalue weighted by Crippen LogP contribution is 2.18. The maximum Gasteiger partial charge on any atom is 0.354 e. The number of aromatic nitrogens is 2. The lowest BCUT2D eigenvalue weighted by atomic mass is 10.1. The zero-order chi connectivity index (χ0) is 16.1. The van der Waals surface area contributed by atoms with Crippen molar-refractivity contribution in [1.82, 2.24) is 15.1 Å². The van der Waals surface area contributed by atoms with Crippen molar-refractivity contribution in [2.24, 2.45) is 0 Å². The predicted molar refractivity (Wildman–Crippen MR) is 78.7 cm³/mol. The third-order valence-electron chi connectivity index (χ3n) is 3.20. The Morgan fingerprint density at radius 1 is 1.41 bits per heavy atom. The summed E-state index contributed by atoms with van der Waals surface area (Å²) in [5.41, 5.74) is 0.871. The topological polar surface area (TPSA) is 93.5 Å². The minimum absolute atomic E-state index is 0.0239. The number of ether oxygens (including phenoxy) is 1. The molecule has 116 valence electrons. The van der Waals surface area contributed by atoms with Crippen molar-refractivity contribution in [2.75, 3.05) is 7.11 Å². The lowest BCUT2D eigenvalue weighted by molar-refractivity contribution is -0.122. The van der Waals surface area contributed by atoms with E-state index in [9.17, 15) is 9.59 Å². The molecule has 2 rings (SSSR count). The second-order valence-electron chi connectivity index (χ2n) is 4.75. The SMILES string of the molecule is COc1cccc(C(C)NC(=O)Cn2nccc2C(=O)O)c1. The molecule has 0 radical (unpaired) electrons. The van der Waals surface area contributed by atoms with Crippen molar-refractivity contribution in [3.05, 3.63) is 47.8 Å². The Balaban J connectivity index is 2.02. The summed E-state index contributed by atoms with van der Waals surface area (Å²) in [4.78, 5) is 23.0. The van der Waals surface area contributed by atoms with Gasteiger partial charge in [-0.1, -0.05) is 12.1 Å². The first-order valence-corrected chi connectivity index (χ1v) is 6.69. The molecule has 1 aromatic heterocycles. The minimum atomic E-state index is -1.12. The molecule has 1 atom stereocenters. The Labute approximate surface area is 127 Å². The molecule has 0 aliphatic heterocycles. The summed E-state index contributed by atoms with van der Waals surface area (Å²) < 4.78 is 6.29. The number of methoxy groups -OCH3 is 1. The fourth-order valence-corrected chi connectivity index (χ4v) is 2.06. The highest BCUT2D eigenvalue weighted by molar-refractivity contribution is 5.86. The average molecular weight is 303 g/mol. The molecule has 2 aromatic rings. The van der Waals surface area contributed by atoms with Crippen LogP contribution in [-0.4, -0.2) is 33.9 Å². The molecule has 22 heavy (non-hydrogen) atoms. The van der Waals surface area contributed by atoms with Crippen LogP contribution in [0.1, 0.15) is 29.0 Å². The number of carboxylic acid groups (broad SMARTS) is 1. The summed E-state index contributed by atoms with van der Waals surface area (Å²) in [7, 11) is 1.58. The van der Waals surface area contributed by atoms with E-state index in [0.717, 1.165) is 10.2 Å². The number of hydrogen-bond acceptors (Lipinski definition) is 4. The first-order valence-electron chi connectivity index (χ1n) is 6.69. The van der Waals surface area contributed by atoms with Gasteiger partial charge in [-0.3, -0.25) is 4.79 Å². The second kappa shape index (κ2) is 6.75. The number of nitrogens with one attached hydrogen (secondary N) is 1. The van der Waals surface area contributed by atoms with E-state index in [1.54, 1.807) is 7.11 Å². The number of hydrogen-bond donors (Lipinski definition) is 2. The Bertz CT molecular complexity index is 681. The van der Waals surface area contributed by atoms with Crippen LogP contribution in [0.25, 0.3) is 0 Å². The number of aromatic carboxylic acids is 1. The van der Waals surface area contributed by atoms with Crippen molar-refractivity contribution in [1.29, 1.82) is 0 Å². The van der Waals surface area contributed by atoms with E-state index in [1.165, 1.54) is 12.3 Å². The van der Waals surface area contributed by atoms with Gasteiger partial charge < -0.3 is 15.2 Å². The molecule has 0 spiro atoms. The van der Waals surface area contributed by atoms with Crippen molar-refractivity contribution >= 4 is 11.9 Å². The molecular formula is C15H17N3O4. The van der Waals surface area contributed by atoms with Gasteiger partial charge in [0.05, 0.1) is 13.2 Å². The zero-order valence-electron chi connectivity index (χ0n) is 12.3. The Morgan fingerprint density at radius 2 is 2.18 bits per heavy atom. The fourth-order valence-electron chi connectivity index (χ4n) is 2.06. The maximum atomic E-state index is 12.0. The van der Waals surface area contributed by atoms with E-state index in [1.807, 2.05) is 31.2 Å². The molecule has 1 aromatic carbocycles. The molecule has 1 amide bonds. The molecule has 7 nitrogen and oxygen atoms in total. The minimum Gasteiger partial charge on any atom is -0.497 e. The summed E-state index contributed by atoms with van der Waals surface area (Å²) >= 11 is 0. The predicted octanol–water partition coefficient (Wildman–Crippen LogP) is 1.47. The van der Waals surface area contributed by atoms with Crippen LogP contribution in [0.5, 0.6) is 5.75 Å². The second-order valence-corrected chi connectivity index (χ2v) is 4.75. The lowest BCUT2D eigenvalue weighted by Gasteiger charge is -2.15. The molecule has 7 heteroatoms. The number of carboxylic acids is 1. The third kappa shape index (κ3) is 3.63. The number of carbonyl (C=O) groups is 2. The molecule has 0 fully saturated rings. The van der Waals surface area contributed by atoms with Crippen LogP contribution < -0.4 is 10.1 Å². The number of benzene rings is 1. The molecule has 0 saturated carbocycles. The molecule has 1 heterocycles.